The summed E-state index contributed by atoms with van der Waals surface area (Å²) in [6.45, 7) is 2.47. The fourth-order valence-electron chi connectivity index (χ4n) is 2.00. The van der Waals surface area contributed by atoms with Crippen molar-refractivity contribution >= 4 is 33.4 Å². The Hall–Kier alpha value is -0.620. The number of ether oxygens (including phenoxy) is 1. The number of hydrogen-bond donors (Lipinski definition) is 2. The van der Waals surface area contributed by atoms with E-state index in [0.717, 1.165) is 0 Å². The Morgan fingerprint density at radius 3 is 3.05 bits per heavy atom. The average Bonchev–Trinajstić information content (AvgIpc) is 2.70. The van der Waals surface area contributed by atoms with Gasteiger partial charge in [0.25, 0.3) is 5.91 Å². The number of rotatable bonds is 3. The third-order valence-corrected chi connectivity index (χ3v) is 4.31. The number of carbonyl (C=O) groups is 1. The van der Waals surface area contributed by atoms with Gasteiger partial charge in [0, 0.05) is 29.1 Å². The van der Waals surface area contributed by atoms with Gasteiger partial charge >= 0.3 is 0 Å². The predicted octanol–water partition coefficient (Wildman–Crippen LogP) is 2.37. The highest BCUT2D eigenvalue weighted by Gasteiger charge is 2.39. The van der Waals surface area contributed by atoms with E-state index in [1.165, 1.54) is 0 Å². The molecule has 2 unspecified atom stereocenters. The summed E-state index contributed by atoms with van der Waals surface area (Å²) in [6.07, 6.45) is 0.237. The summed E-state index contributed by atoms with van der Waals surface area (Å²) >= 11 is 9.17. The number of benzene rings is 1. The predicted molar refractivity (Wildman–Crippen MR) is 76.5 cm³/mol. The summed E-state index contributed by atoms with van der Waals surface area (Å²) in [5.41, 5.74) is -0.552. The molecule has 1 aliphatic heterocycles. The molecule has 104 valence electrons. The van der Waals surface area contributed by atoms with Crippen LogP contribution in [0.15, 0.2) is 22.7 Å². The molecule has 1 saturated heterocycles. The molecule has 2 rings (SSSR count). The van der Waals surface area contributed by atoms with Crippen LogP contribution in [0.2, 0.25) is 5.02 Å². The van der Waals surface area contributed by atoms with Gasteiger partial charge in [-0.25, -0.2) is 0 Å². The molecule has 0 aliphatic carbocycles. The highest BCUT2D eigenvalue weighted by atomic mass is 79.9. The van der Waals surface area contributed by atoms with Crippen molar-refractivity contribution in [1.29, 1.82) is 0 Å². The lowest BCUT2D eigenvalue weighted by Gasteiger charge is -2.26. The summed E-state index contributed by atoms with van der Waals surface area (Å²) in [6, 6.07) is 5.00. The van der Waals surface area contributed by atoms with Gasteiger partial charge in [-0.3, -0.25) is 4.79 Å². The zero-order valence-electron chi connectivity index (χ0n) is 10.5. The van der Waals surface area contributed by atoms with Gasteiger partial charge in [-0.05, 0) is 41.1 Å². The van der Waals surface area contributed by atoms with Crippen LogP contribution in [0, 0.1) is 0 Å². The Labute approximate surface area is 125 Å². The van der Waals surface area contributed by atoms with Crippen molar-refractivity contribution in [1.82, 2.24) is 5.32 Å². The van der Waals surface area contributed by atoms with Crippen LogP contribution in [0.3, 0.4) is 0 Å². The van der Waals surface area contributed by atoms with Gasteiger partial charge in [-0.15, -0.1) is 0 Å². The maximum absolute atomic E-state index is 12.1. The average molecular weight is 349 g/mol. The summed E-state index contributed by atoms with van der Waals surface area (Å²) in [7, 11) is 0. The zero-order chi connectivity index (χ0) is 14.0. The second-order valence-corrected chi connectivity index (χ2v) is 5.96. The van der Waals surface area contributed by atoms with Crippen molar-refractivity contribution < 1.29 is 14.6 Å². The van der Waals surface area contributed by atoms with Crippen LogP contribution in [-0.2, 0) is 4.74 Å². The fraction of sp³-hybridized carbons (Fsp3) is 0.462. The van der Waals surface area contributed by atoms with Crippen molar-refractivity contribution in [3.05, 3.63) is 33.3 Å². The van der Waals surface area contributed by atoms with E-state index in [0.29, 0.717) is 28.1 Å². The molecule has 0 saturated carbocycles. The van der Waals surface area contributed by atoms with Gasteiger partial charge in [0.15, 0.2) is 0 Å². The molecular weight excluding hydrogens is 334 g/mol. The highest BCUT2D eigenvalue weighted by molar-refractivity contribution is 9.10. The quantitative estimate of drug-likeness (QED) is 0.882. The Morgan fingerprint density at radius 1 is 1.68 bits per heavy atom. The Balaban J connectivity index is 2.03. The molecule has 2 atom stereocenters. The summed E-state index contributed by atoms with van der Waals surface area (Å²) in [4.78, 5) is 12.1. The topological polar surface area (TPSA) is 58.6 Å². The molecule has 19 heavy (non-hydrogen) atoms. The summed E-state index contributed by atoms with van der Waals surface area (Å²) in [5, 5.41) is 13.5. The van der Waals surface area contributed by atoms with E-state index >= 15 is 0 Å². The van der Waals surface area contributed by atoms with E-state index in [-0.39, 0.29) is 18.6 Å². The normalized spacial score (nSPS) is 26.4. The molecular formula is C13H15BrClNO3. The minimum atomic E-state index is -0.999. The maximum Gasteiger partial charge on any atom is 0.252 e. The van der Waals surface area contributed by atoms with Gasteiger partial charge in [0.2, 0.25) is 0 Å². The van der Waals surface area contributed by atoms with E-state index in [9.17, 15) is 9.90 Å². The number of amides is 1. The lowest BCUT2D eigenvalue weighted by molar-refractivity contribution is -0.0251. The summed E-state index contributed by atoms with van der Waals surface area (Å²) in [5.74, 6) is -0.276. The van der Waals surface area contributed by atoms with Crippen molar-refractivity contribution in [3.8, 4) is 0 Å². The number of carbonyl (C=O) groups excluding carboxylic acids is 1. The van der Waals surface area contributed by atoms with Crippen LogP contribution in [0.5, 0.6) is 0 Å². The first-order valence-corrected chi connectivity index (χ1v) is 7.17. The Morgan fingerprint density at radius 2 is 2.42 bits per heavy atom. The standard InChI is InChI=1S/C13H15BrClNO3/c1-8-13(18,4-5-19-8)7-16-12(17)10-6-9(15)2-3-11(10)14/h2-3,6,8,18H,4-5,7H2,1H3,(H,16,17). The molecule has 1 fully saturated rings. The Bertz CT molecular complexity index is 497. The fourth-order valence-corrected chi connectivity index (χ4v) is 2.60. The van der Waals surface area contributed by atoms with Crippen LogP contribution in [0.25, 0.3) is 0 Å². The van der Waals surface area contributed by atoms with Crippen LogP contribution < -0.4 is 5.32 Å². The third kappa shape index (κ3) is 3.28. The molecule has 1 amide bonds. The van der Waals surface area contributed by atoms with Crippen LogP contribution >= 0.6 is 27.5 Å². The first kappa shape index (κ1) is 14.8. The zero-order valence-corrected chi connectivity index (χ0v) is 12.8. The number of halogens is 2. The molecule has 2 N–H and O–H groups in total. The van der Waals surface area contributed by atoms with Gasteiger partial charge in [-0.2, -0.15) is 0 Å². The third-order valence-electron chi connectivity index (χ3n) is 3.39. The van der Waals surface area contributed by atoms with Crippen LogP contribution in [-0.4, -0.2) is 35.9 Å². The van der Waals surface area contributed by atoms with E-state index in [4.69, 9.17) is 16.3 Å². The SMILES string of the molecule is CC1OCCC1(O)CNC(=O)c1cc(Cl)ccc1Br. The van der Waals surface area contributed by atoms with Crippen molar-refractivity contribution in [2.75, 3.05) is 13.2 Å². The van der Waals surface area contributed by atoms with Gasteiger partial charge in [0.1, 0.15) is 5.60 Å². The van der Waals surface area contributed by atoms with E-state index in [1.54, 1.807) is 25.1 Å². The molecule has 0 radical (unpaired) electrons. The smallest absolute Gasteiger partial charge is 0.252 e. The minimum absolute atomic E-state index is 0.159. The first-order chi connectivity index (χ1) is 8.92. The number of hydrogen-bond acceptors (Lipinski definition) is 3. The van der Waals surface area contributed by atoms with E-state index in [2.05, 4.69) is 21.2 Å². The first-order valence-electron chi connectivity index (χ1n) is 5.99. The molecule has 0 spiro atoms. The lowest BCUT2D eigenvalue weighted by Crippen LogP contribution is -2.47. The van der Waals surface area contributed by atoms with Gasteiger partial charge < -0.3 is 15.2 Å². The van der Waals surface area contributed by atoms with E-state index < -0.39 is 5.60 Å². The molecule has 1 aromatic rings. The summed E-state index contributed by atoms with van der Waals surface area (Å²) < 4.78 is 5.98. The highest BCUT2D eigenvalue weighted by Crippen LogP contribution is 2.25. The number of nitrogens with one attached hydrogen (secondary N) is 1. The van der Waals surface area contributed by atoms with Gasteiger partial charge in [-0.1, -0.05) is 11.6 Å². The molecule has 0 aromatic heterocycles. The lowest BCUT2D eigenvalue weighted by atomic mass is 9.96. The molecule has 4 nitrogen and oxygen atoms in total. The second kappa shape index (κ2) is 5.79. The molecule has 6 heteroatoms. The van der Waals surface area contributed by atoms with Crippen LogP contribution in [0.1, 0.15) is 23.7 Å². The number of aliphatic hydroxyl groups is 1. The molecule has 1 heterocycles. The maximum atomic E-state index is 12.1. The van der Waals surface area contributed by atoms with Crippen molar-refractivity contribution in [2.45, 2.75) is 25.0 Å². The Kier molecular flexibility index (Phi) is 4.50. The molecule has 1 aliphatic rings. The van der Waals surface area contributed by atoms with Gasteiger partial charge in [0.05, 0.1) is 11.7 Å². The van der Waals surface area contributed by atoms with E-state index in [1.807, 2.05) is 0 Å². The molecule has 0 bridgehead atoms. The van der Waals surface area contributed by atoms with Crippen LogP contribution in [0.4, 0.5) is 0 Å². The van der Waals surface area contributed by atoms with Crippen molar-refractivity contribution in [2.24, 2.45) is 0 Å². The second-order valence-electron chi connectivity index (χ2n) is 4.67. The minimum Gasteiger partial charge on any atom is -0.385 e. The molecule has 1 aromatic carbocycles. The largest absolute Gasteiger partial charge is 0.385 e. The van der Waals surface area contributed by atoms with Crippen molar-refractivity contribution in [3.63, 3.8) is 0 Å². The monoisotopic (exact) mass is 347 g/mol.